The Balaban J connectivity index is 1.76. The van der Waals surface area contributed by atoms with Crippen molar-refractivity contribution in [1.82, 2.24) is 5.32 Å². The highest BCUT2D eigenvalue weighted by atomic mass is 16.5. The van der Waals surface area contributed by atoms with Gasteiger partial charge in [-0.25, -0.2) is 0 Å². The molecule has 1 saturated heterocycles. The molecule has 18 heavy (non-hydrogen) atoms. The van der Waals surface area contributed by atoms with Crippen molar-refractivity contribution in [2.24, 2.45) is 5.92 Å². The van der Waals surface area contributed by atoms with Gasteiger partial charge in [0.1, 0.15) is 6.61 Å². The zero-order valence-corrected chi connectivity index (χ0v) is 10.6. The fourth-order valence-corrected chi connectivity index (χ4v) is 2.17. The van der Waals surface area contributed by atoms with Crippen LogP contribution in [0.1, 0.15) is 12.0 Å². The molecule has 1 fully saturated rings. The van der Waals surface area contributed by atoms with Gasteiger partial charge in [0.05, 0.1) is 12.5 Å². The van der Waals surface area contributed by atoms with Crippen LogP contribution in [0.2, 0.25) is 0 Å². The Labute approximate surface area is 107 Å². The number of benzene rings is 1. The second-order valence-electron chi connectivity index (χ2n) is 4.59. The summed E-state index contributed by atoms with van der Waals surface area (Å²) in [6.07, 6.45) is 0.793. The monoisotopic (exact) mass is 249 g/mol. The van der Waals surface area contributed by atoms with E-state index in [2.05, 4.69) is 5.32 Å². The summed E-state index contributed by atoms with van der Waals surface area (Å²) in [6.45, 7) is 1.68. The molecule has 2 unspecified atom stereocenters. The number of nitrogens with one attached hydrogen (secondary N) is 1. The Kier molecular flexibility index (Phi) is 4.73. The van der Waals surface area contributed by atoms with E-state index in [9.17, 15) is 4.79 Å². The van der Waals surface area contributed by atoms with Crippen LogP contribution in [-0.2, 0) is 20.9 Å². The molecule has 0 spiro atoms. The van der Waals surface area contributed by atoms with Crippen LogP contribution in [-0.4, -0.2) is 32.3 Å². The number of carbonyl (C=O) groups excluding carboxylic acids is 1. The van der Waals surface area contributed by atoms with Gasteiger partial charge in [0.25, 0.3) is 0 Å². The summed E-state index contributed by atoms with van der Waals surface area (Å²) in [4.78, 5) is 11.9. The SMILES string of the molecule is COCC1CC(C(=O)OCc2ccccc2)CN1. The molecule has 2 rings (SSSR count). The zero-order valence-electron chi connectivity index (χ0n) is 10.6. The fraction of sp³-hybridized carbons (Fsp3) is 0.500. The molecule has 0 aliphatic carbocycles. The quantitative estimate of drug-likeness (QED) is 0.800. The van der Waals surface area contributed by atoms with E-state index in [0.29, 0.717) is 19.8 Å². The lowest BCUT2D eigenvalue weighted by atomic mass is 10.1. The molecular weight excluding hydrogens is 230 g/mol. The molecule has 0 radical (unpaired) electrons. The summed E-state index contributed by atoms with van der Waals surface area (Å²) < 4.78 is 10.4. The molecule has 4 heteroatoms. The average molecular weight is 249 g/mol. The molecule has 4 nitrogen and oxygen atoms in total. The molecular formula is C14H19NO3. The summed E-state index contributed by atoms with van der Waals surface area (Å²) in [7, 11) is 1.67. The largest absolute Gasteiger partial charge is 0.461 e. The van der Waals surface area contributed by atoms with Crippen LogP contribution in [0.5, 0.6) is 0 Å². The lowest BCUT2D eigenvalue weighted by molar-refractivity contribution is -0.149. The Morgan fingerprint density at radius 2 is 2.17 bits per heavy atom. The second kappa shape index (κ2) is 6.52. The highest BCUT2D eigenvalue weighted by Gasteiger charge is 2.30. The van der Waals surface area contributed by atoms with E-state index in [4.69, 9.17) is 9.47 Å². The van der Waals surface area contributed by atoms with Crippen molar-refractivity contribution in [2.75, 3.05) is 20.3 Å². The third-order valence-electron chi connectivity index (χ3n) is 3.15. The van der Waals surface area contributed by atoms with Crippen LogP contribution < -0.4 is 5.32 Å². The maximum atomic E-state index is 11.9. The van der Waals surface area contributed by atoms with E-state index in [1.165, 1.54) is 0 Å². The third kappa shape index (κ3) is 3.55. The first-order valence-electron chi connectivity index (χ1n) is 6.22. The summed E-state index contributed by atoms with van der Waals surface area (Å²) in [6, 6.07) is 10.00. The van der Waals surface area contributed by atoms with Gasteiger partial charge in [0.15, 0.2) is 0 Å². The normalized spacial score (nSPS) is 22.9. The molecule has 1 aromatic carbocycles. The molecule has 98 valence electrons. The van der Waals surface area contributed by atoms with Crippen molar-refractivity contribution < 1.29 is 14.3 Å². The van der Waals surface area contributed by atoms with E-state index >= 15 is 0 Å². The highest BCUT2D eigenvalue weighted by molar-refractivity contribution is 5.73. The third-order valence-corrected chi connectivity index (χ3v) is 3.15. The first kappa shape index (κ1) is 13.1. The smallest absolute Gasteiger partial charge is 0.310 e. The van der Waals surface area contributed by atoms with Crippen LogP contribution in [0.4, 0.5) is 0 Å². The Bertz CT molecular complexity index is 380. The molecule has 0 saturated carbocycles. The van der Waals surface area contributed by atoms with Crippen LogP contribution in [0.25, 0.3) is 0 Å². The van der Waals surface area contributed by atoms with Crippen molar-refractivity contribution in [3.05, 3.63) is 35.9 Å². The van der Waals surface area contributed by atoms with Gasteiger partial charge in [-0.2, -0.15) is 0 Å². The molecule has 0 amide bonds. The predicted molar refractivity (Wildman–Crippen MR) is 68.0 cm³/mol. The standard InChI is InChI=1S/C14H19NO3/c1-17-10-13-7-12(8-15-13)14(16)18-9-11-5-3-2-4-6-11/h2-6,12-13,15H,7-10H2,1H3. The minimum atomic E-state index is -0.120. The maximum absolute atomic E-state index is 11.9. The highest BCUT2D eigenvalue weighted by Crippen LogP contribution is 2.16. The van der Waals surface area contributed by atoms with Crippen molar-refractivity contribution in [2.45, 2.75) is 19.1 Å². The topological polar surface area (TPSA) is 47.6 Å². The first-order valence-corrected chi connectivity index (χ1v) is 6.22. The molecule has 2 atom stereocenters. The van der Waals surface area contributed by atoms with Crippen LogP contribution in [0, 0.1) is 5.92 Å². The van der Waals surface area contributed by atoms with Gasteiger partial charge in [-0.05, 0) is 12.0 Å². The molecule has 0 aromatic heterocycles. The van der Waals surface area contributed by atoms with E-state index in [1.54, 1.807) is 7.11 Å². The van der Waals surface area contributed by atoms with Crippen molar-refractivity contribution in [3.63, 3.8) is 0 Å². The van der Waals surface area contributed by atoms with E-state index in [0.717, 1.165) is 12.0 Å². The zero-order chi connectivity index (χ0) is 12.8. The van der Waals surface area contributed by atoms with Gasteiger partial charge in [-0.3, -0.25) is 4.79 Å². The van der Waals surface area contributed by atoms with Gasteiger partial charge in [0.2, 0.25) is 0 Å². The summed E-state index contributed by atoms with van der Waals surface area (Å²) in [5.41, 5.74) is 1.02. The number of hydrogen-bond acceptors (Lipinski definition) is 4. The average Bonchev–Trinajstić information content (AvgIpc) is 2.86. The lowest BCUT2D eigenvalue weighted by Gasteiger charge is -2.10. The minimum Gasteiger partial charge on any atom is -0.461 e. The van der Waals surface area contributed by atoms with Gasteiger partial charge in [-0.15, -0.1) is 0 Å². The van der Waals surface area contributed by atoms with E-state index < -0.39 is 0 Å². The summed E-state index contributed by atoms with van der Waals surface area (Å²) in [5.74, 6) is -0.168. The van der Waals surface area contributed by atoms with Gasteiger partial charge < -0.3 is 14.8 Å². The van der Waals surface area contributed by atoms with Crippen molar-refractivity contribution in [3.8, 4) is 0 Å². The predicted octanol–water partition coefficient (Wildman–Crippen LogP) is 1.35. The van der Waals surface area contributed by atoms with Gasteiger partial charge in [-0.1, -0.05) is 30.3 Å². The first-order chi connectivity index (χ1) is 8.79. The lowest BCUT2D eigenvalue weighted by Crippen LogP contribution is -2.26. The molecule has 1 heterocycles. The molecule has 0 bridgehead atoms. The van der Waals surface area contributed by atoms with Crippen molar-refractivity contribution >= 4 is 5.97 Å². The number of rotatable bonds is 5. The number of hydrogen-bond donors (Lipinski definition) is 1. The fourth-order valence-electron chi connectivity index (χ4n) is 2.17. The molecule has 1 N–H and O–H groups in total. The number of ether oxygens (including phenoxy) is 2. The Morgan fingerprint density at radius 1 is 1.39 bits per heavy atom. The summed E-state index contributed by atoms with van der Waals surface area (Å²) >= 11 is 0. The van der Waals surface area contributed by atoms with Crippen LogP contribution >= 0.6 is 0 Å². The Hall–Kier alpha value is -1.39. The van der Waals surface area contributed by atoms with Gasteiger partial charge in [0, 0.05) is 19.7 Å². The summed E-state index contributed by atoms with van der Waals surface area (Å²) in [5, 5.41) is 3.26. The number of esters is 1. The van der Waals surface area contributed by atoms with Crippen LogP contribution in [0.15, 0.2) is 30.3 Å². The molecule has 1 aliphatic heterocycles. The molecule has 1 aromatic rings. The molecule has 1 aliphatic rings. The van der Waals surface area contributed by atoms with Gasteiger partial charge >= 0.3 is 5.97 Å². The number of carbonyl (C=O) groups is 1. The number of methoxy groups -OCH3 is 1. The van der Waals surface area contributed by atoms with E-state index in [-0.39, 0.29) is 17.9 Å². The van der Waals surface area contributed by atoms with Crippen LogP contribution in [0.3, 0.4) is 0 Å². The minimum absolute atomic E-state index is 0.0473. The Morgan fingerprint density at radius 3 is 2.89 bits per heavy atom. The second-order valence-corrected chi connectivity index (χ2v) is 4.59. The van der Waals surface area contributed by atoms with Crippen molar-refractivity contribution in [1.29, 1.82) is 0 Å². The maximum Gasteiger partial charge on any atom is 0.310 e. The van der Waals surface area contributed by atoms with E-state index in [1.807, 2.05) is 30.3 Å².